The lowest BCUT2D eigenvalue weighted by molar-refractivity contribution is -0.364. The van der Waals surface area contributed by atoms with Gasteiger partial charge in [-0.2, -0.15) is 0 Å². The van der Waals surface area contributed by atoms with Crippen molar-refractivity contribution in [3.8, 4) is 0 Å². The third-order valence-electron chi connectivity index (χ3n) is 6.42. The van der Waals surface area contributed by atoms with Gasteiger partial charge in [0.05, 0.1) is 12.7 Å². The molecule has 1 amide bonds. The molecule has 0 aromatic carbocycles. The van der Waals surface area contributed by atoms with Gasteiger partial charge in [0.15, 0.2) is 25.0 Å². The summed E-state index contributed by atoms with van der Waals surface area (Å²) in [6, 6.07) is -1.52. The van der Waals surface area contributed by atoms with E-state index in [2.05, 4.69) is 5.32 Å². The Morgan fingerprint density at radius 3 is 1.97 bits per heavy atom. The van der Waals surface area contributed by atoms with E-state index in [0.29, 0.717) is 0 Å². The Morgan fingerprint density at radius 2 is 1.41 bits per heavy atom. The summed E-state index contributed by atoms with van der Waals surface area (Å²) < 4.78 is 26.9. The number of carboxylic acid groups (broad SMARTS) is 1. The van der Waals surface area contributed by atoms with Crippen LogP contribution < -0.4 is 5.32 Å². The van der Waals surface area contributed by atoms with Gasteiger partial charge in [-0.3, -0.25) is 4.79 Å². The summed E-state index contributed by atoms with van der Waals surface area (Å²) >= 11 is 0. The number of carboxylic acids is 1. The van der Waals surface area contributed by atoms with Crippen LogP contribution in [-0.2, 0) is 33.3 Å². The highest BCUT2D eigenvalue weighted by Crippen LogP contribution is 2.32. The SMILES string of the molecule is CC(=O)N[C@H]1[C@H](O[C@@H]2[C@H](O)[C@@H](O)[C@H](C)O[C@H]2O)O[C@H](CO)[C@H](O)[C@@H]1O[C@@H]1O[C@H](C(=O)O)[C@H](O)[C@H](O)[C@H]1O. The van der Waals surface area contributed by atoms with Crippen LogP contribution in [0.5, 0.6) is 0 Å². The van der Waals surface area contributed by atoms with Gasteiger partial charge in [-0.15, -0.1) is 0 Å². The van der Waals surface area contributed by atoms with Crippen LogP contribution in [0, 0.1) is 0 Å². The molecule has 3 saturated heterocycles. The zero-order valence-corrected chi connectivity index (χ0v) is 19.8. The zero-order valence-electron chi connectivity index (χ0n) is 19.8. The molecule has 3 heterocycles. The summed E-state index contributed by atoms with van der Waals surface area (Å²) in [7, 11) is 0. The van der Waals surface area contributed by atoms with Crippen molar-refractivity contribution in [2.24, 2.45) is 0 Å². The minimum Gasteiger partial charge on any atom is -0.479 e. The summed E-state index contributed by atoms with van der Waals surface area (Å²) in [5, 5.41) is 93.2. The van der Waals surface area contributed by atoms with Crippen LogP contribution in [-0.4, -0.2) is 156 Å². The first-order valence-corrected chi connectivity index (χ1v) is 11.4. The summed E-state index contributed by atoms with van der Waals surface area (Å²) in [6.07, 6.45) is -24.3. The van der Waals surface area contributed by atoms with Crippen molar-refractivity contribution < 1.29 is 79.2 Å². The van der Waals surface area contributed by atoms with E-state index in [0.717, 1.165) is 6.92 Å². The Balaban J connectivity index is 1.90. The number of aliphatic hydroxyl groups excluding tert-OH is 8. The molecule has 37 heavy (non-hydrogen) atoms. The van der Waals surface area contributed by atoms with Crippen molar-refractivity contribution >= 4 is 11.9 Å². The molecule has 17 heteroatoms. The standard InChI is InChI=1S/C20H33NO16/c1-4-8(24)11(27)16(18(32)33-4)37-19-7(21-5(2)23)14(9(25)6(3-22)34-19)35-20-13(29)10(26)12(28)15(36-20)17(30)31/h4,6-16,18-20,22,24-29,32H,3H2,1-2H3,(H,21,23)(H,30,31)/t4-,6+,7+,8-,9-,10-,11+,12+,13+,14+,15-,16+,18+,19-,20+/m0/s1. The van der Waals surface area contributed by atoms with Crippen molar-refractivity contribution in [2.75, 3.05) is 6.61 Å². The van der Waals surface area contributed by atoms with E-state index in [1.807, 2.05) is 0 Å². The molecule has 0 bridgehead atoms. The number of aliphatic carboxylic acids is 1. The molecule has 0 saturated carbocycles. The molecule has 17 nitrogen and oxygen atoms in total. The van der Waals surface area contributed by atoms with Gasteiger partial charge in [-0.05, 0) is 6.92 Å². The number of nitrogens with one attached hydrogen (secondary N) is 1. The maximum atomic E-state index is 12.0. The summed E-state index contributed by atoms with van der Waals surface area (Å²) in [5.41, 5.74) is 0. The first-order valence-electron chi connectivity index (χ1n) is 11.4. The third-order valence-corrected chi connectivity index (χ3v) is 6.42. The maximum absolute atomic E-state index is 12.0. The van der Waals surface area contributed by atoms with Crippen LogP contribution in [0.2, 0.25) is 0 Å². The fourth-order valence-electron chi connectivity index (χ4n) is 4.37. The van der Waals surface area contributed by atoms with Crippen LogP contribution in [0.4, 0.5) is 0 Å². The molecule has 0 aliphatic carbocycles. The number of aliphatic hydroxyl groups is 8. The molecule has 3 aliphatic rings. The van der Waals surface area contributed by atoms with E-state index in [9.17, 15) is 55.5 Å². The Labute approximate surface area is 209 Å². The van der Waals surface area contributed by atoms with Gasteiger partial charge in [0.1, 0.15) is 61.0 Å². The van der Waals surface area contributed by atoms with Crippen molar-refractivity contribution in [3.63, 3.8) is 0 Å². The van der Waals surface area contributed by atoms with Crippen LogP contribution in [0.3, 0.4) is 0 Å². The Bertz CT molecular complexity index is 802. The molecule has 3 fully saturated rings. The zero-order chi connectivity index (χ0) is 27.8. The van der Waals surface area contributed by atoms with Gasteiger partial charge in [-0.1, -0.05) is 0 Å². The normalized spacial score (nSPS) is 48.9. The molecule has 0 spiro atoms. The summed E-state index contributed by atoms with van der Waals surface area (Å²) in [5.74, 6) is -2.41. The van der Waals surface area contributed by atoms with E-state index in [1.165, 1.54) is 6.92 Å². The Hall–Kier alpha value is -1.58. The van der Waals surface area contributed by atoms with Crippen molar-refractivity contribution in [3.05, 3.63) is 0 Å². The first-order chi connectivity index (χ1) is 17.3. The minimum atomic E-state index is -2.04. The highest BCUT2D eigenvalue weighted by Gasteiger charge is 2.54. The molecule has 0 aromatic rings. The molecule has 214 valence electrons. The fraction of sp³-hybridized carbons (Fsp3) is 0.900. The number of amides is 1. The van der Waals surface area contributed by atoms with Gasteiger partial charge in [0, 0.05) is 6.92 Å². The van der Waals surface area contributed by atoms with E-state index in [4.69, 9.17) is 23.7 Å². The highest BCUT2D eigenvalue weighted by atomic mass is 16.7. The summed E-state index contributed by atoms with van der Waals surface area (Å²) in [4.78, 5) is 23.4. The van der Waals surface area contributed by atoms with Crippen molar-refractivity contribution in [1.29, 1.82) is 0 Å². The smallest absolute Gasteiger partial charge is 0.335 e. The first kappa shape index (κ1) is 30.0. The molecule has 0 aromatic heterocycles. The Kier molecular flexibility index (Phi) is 9.78. The average molecular weight is 543 g/mol. The monoisotopic (exact) mass is 543 g/mol. The second-order valence-electron chi connectivity index (χ2n) is 9.09. The van der Waals surface area contributed by atoms with E-state index in [-0.39, 0.29) is 0 Å². The van der Waals surface area contributed by atoms with E-state index >= 15 is 0 Å². The lowest BCUT2D eigenvalue weighted by Crippen LogP contribution is -2.69. The second kappa shape index (κ2) is 12.1. The van der Waals surface area contributed by atoms with Crippen molar-refractivity contribution in [2.45, 2.75) is 106 Å². The topological polar surface area (TPSA) is 274 Å². The van der Waals surface area contributed by atoms with E-state index < -0.39 is 111 Å². The maximum Gasteiger partial charge on any atom is 0.335 e. The highest BCUT2D eigenvalue weighted by molar-refractivity contribution is 5.73. The van der Waals surface area contributed by atoms with Gasteiger partial charge < -0.3 is 75.0 Å². The largest absolute Gasteiger partial charge is 0.479 e. The van der Waals surface area contributed by atoms with Gasteiger partial charge in [0.2, 0.25) is 5.91 Å². The van der Waals surface area contributed by atoms with Crippen molar-refractivity contribution in [1.82, 2.24) is 5.32 Å². The fourth-order valence-corrected chi connectivity index (χ4v) is 4.37. The number of hydrogen-bond acceptors (Lipinski definition) is 15. The van der Waals surface area contributed by atoms with Crippen LogP contribution in [0.1, 0.15) is 13.8 Å². The molecule has 0 radical (unpaired) electrons. The molecule has 15 atom stereocenters. The minimum absolute atomic E-state index is 0.718. The predicted octanol–water partition coefficient (Wildman–Crippen LogP) is -6.31. The van der Waals surface area contributed by atoms with E-state index in [1.54, 1.807) is 0 Å². The van der Waals surface area contributed by atoms with Gasteiger partial charge in [-0.25, -0.2) is 4.79 Å². The molecule has 0 unspecified atom stereocenters. The van der Waals surface area contributed by atoms with Gasteiger partial charge >= 0.3 is 5.97 Å². The number of ether oxygens (including phenoxy) is 5. The predicted molar refractivity (Wildman–Crippen MR) is 112 cm³/mol. The third kappa shape index (κ3) is 6.19. The number of carbonyl (C=O) groups is 2. The average Bonchev–Trinajstić information content (AvgIpc) is 2.83. The van der Waals surface area contributed by atoms with Crippen LogP contribution in [0.15, 0.2) is 0 Å². The second-order valence-corrected chi connectivity index (χ2v) is 9.09. The lowest BCUT2D eigenvalue weighted by atomic mass is 9.94. The summed E-state index contributed by atoms with van der Waals surface area (Å²) in [6.45, 7) is 1.62. The van der Waals surface area contributed by atoms with Crippen LogP contribution in [0.25, 0.3) is 0 Å². The molecule has 3 aliphatic heterocycles. The molecular weight excluding hydrogens is 510 g/mol. The Morgan fingerprint density at radius 1 is 0.784 bits per heavy atom. The number of carbonyl (C=O) groups excluding carboxylic acids is 1. The number of hydrogen-bond donors (Lipinski definition) is 10. The quantitative estimate of drug-likeness (QED) is 0.143. The molecular formula is C20H33NO16. The van der Waals surface area contributed by atoms with Gasteiger partial charge in [0.25, 0.3) is 0 Å². The molecule has 10 N–H and O–H groups in total. The number of rotatable bonds is 7. The molecule has 3 rings (SSSR count). The lowest BCUT2D eigenvalue weighted by Gasteiger charge is -2.48. The van der Waals surface area contributed by atoms with Crippen LogP contribution >= 0.6 is 0 Å².